The lowest BCUT2D eigenvalue weighted by molar-refractivity contribution is 0.354. The molecule has 0 bridgehead atoms. The maximum atomic E-state index is 6.26. The Morgan fingerprint density at radius 3 is 2.60 bits per heavy atom. The lowest BCUT2D eigenvalue weighted by atomic mass is 10.0. The van der Waals surface area contributed by atoms with Crippen LogP contribution in [0.15, 0.2) is 35.7 Å². The van der Waals surface area contributed by atoms with Crippen molar-refractivity contribution < 1.29 is 9.47 Å². The second kappa shape index (κ2) is 7.31. The first-order valence-electron chi connectivity index (χ1n) is 6.74. The van der Waals surface area contributed by atoms with E-state index in [2.05, 4.69) is 17.5 Å². The summed E-state index contributed by atoms with van der Waals surface area (Å²) in [5.74, 6) is 1.47. The summed E-state index contributed by atoms with van der Waals surface area (Å²) < 4.78 is 10.5. The Balaban J connectivity index is 1.93. The Morgan fingerprint density at radius 1 is 1.15 bits per heavy atom. The van der Waals surface area contributed by atoms with Crippen LogP contribution < -0.4 is 15.2 Å². The number of hydrogen-bond acceptors (Lipinski definition) is 4. The molecule has 4 heteroatoms. The van der Waals surface area contributed by atoms with E-state index in [1.807, 2.05) is 18.2 Å². The van der Waals surface area contributed by atoms with Gasteiger partial charge in [-0.2, -0.15) is 0 Å². The molecule has 2 aromatic rings. The summed E-state index contributed by atoms with van der Waals surface area (Å²) in [6.07, 6.45) is 3.15. The molecule has 1 aromatic carbocycles. The van der Waals surface area contributed by atoms with Crippen LogP contribution in [0.4, 0.5) is 0 Å². The maximum Gasteiger partial charge on any atom is 0.161 e. The third-order valence-electron chi connectivity index (χ3n) is 3.35. The van der Waals surface area contributed by atoms with Gasteiger partial charge in [0.15, 0.2) is 11.5 Å². The molecule has 108 valence electrons. The second-order valence-electron chi connectivity index (χ2n) is 4.69. The molecule has 1 aromatic heterocycles. The molecule has 0 aliphatic heterocycles. The van der Waals surface area contributed by atoms with Crippen LogP contribution in [0, 0.1) is 0 Å². The van der Waals surface area contributed by atoms with E-state index >= 15 is 0 Å². The molecule has 0 amide bonds. The molecule has 3 nitrogen and oxygen atoms in total. The van der Waals surface area contributed by atoms with Crippen molar-refractivity contribution in [2.45, 2.75) is 25.3 Å². The molecular formula is C16H21NO2S. The van der Waals surface area contributed by atoms with E-state index in [9.17, 15) is 0 Å². The summed E-state index contributed by atoms with van der Waals surface area (Å²) in [6.45, 7) is 0. The fourth-order valence-electron chi connectivity index (χ4n) is 2.20. The largest absolute Gasteiger partial charge is 0.493 e. The van der Waals surface area contributed by atoms with Gasteiger partial charge in [0.2, 0.25) is 0 Å². The second-order valence-corrected chi connectivity index (χ2v) is 5.72. The standard InChI is InChI=1S/C16H21NO2S/c1-18-15-9-8-12(11-16(15)19-2)14(17)7-3-5-13-6-4-10-20-13/h4,6,8-11,14H,3,5,7,17H2,1-2H3. The first-order valence-corrected chi connectivity index (χ1v) is 7.62. The zero-order chi connectivity index (χ0) is 14.4. The van der Waals surface area contributed by atoms with E-state index in [0.717, 1.165) is 36.3 Å². The smallest absolute Gasteiger partial charge is 0.161 e. The van der Waals surface area contributed by atoms with Crippen molar-refractivity contribution in [3.05, 3.63) is 46.2 Å². The van der Waals surface area contributed by atoms with Crippen LogP contribution in [0.3, 0.4) is 0 Å². The minimum atomic E-state index is 0.0368. The minimum Gasteiger partial charge on any atom is -0.493 e. The van der Waals surface area contributed by atoms with Gasteiger partial charge in [-0.1, -0.05) is 12.1 Å². The summed E-state index contributed by atoms with van der Waals surface area (Å²) in [5.41, 5.74) is 7.35. The number of ether oxygens (including phenoxy) is 2. The highest BCUT2D eigenvalue weighted by Gasteiger charge is 2.10. The topological polar surface area (TPSA) is 44.5 Å². The molecule has 0 aliphatic carbocycles. The third kappa shape index (κ3) is 3.74. The zero-order valence-electron chi connectivity index (χ0n) is 12.0. The normalized spacial score (nSPS) is 12.2. The van der Waals surface area contributed by atoms with E-state index in [-0.39, 0.29) is 6.04 Å². The average molecular weight is 291 g/mol. The van der Waals surface area contributed by atoms with Gasteiger partial charge in [0.1, 0.15) is 0 Å². The molecule has 0 aliphatic rings. The molecular weight excluding hydrogens is 270 g/mol. The van der Waals surface area contributed by atoms with Gasteiger partial charge in [-0.3, -0.25) is 0 Å². The number of rotatable bonds is 7. The Kier molecular flexibility index (Phi) is 5.44. The molecule has 0 saturated carbocycles. The van der Waals surface area contributed by atoms with E-state index in [0.29, 0.717) is 0 Å². The third-order valence-corrected chi connectivity index (χ3v) is 4.29. The van der Waals surface area contributed by atoms with Gasteiger partial charge in [0, 0.05) is 10.9 Å². The highest BCUT2D eigenvalue weighted by Crippen LogP contribution is 2.30. The predicted octanol–water partition coefficient (Wildman–Crippen LogP) is 3.79. The van der Waals surface area contributed by atoms with Crippen molar-refractivity contribution in [1.29, 1.82) is 0 Å². The molecule has 1 atom stereocenters. The van der Waals surface area contributed by atoms with E-state index in [1.165, 1.54) is 4.88 Å². The van der Waals surface area contributed by atoms with E-state index in [4.69, 9.17) is 15.2 Å². The van der Waals surface area contributed by atoms with Crippen molar-refractivity contribution in [3.63, 3.8) is 0 Å². The summed E-state index contributed by atoms with van der Waals surface area (Å²) in [7, 11) is 3.28. The Bertz CT molecular complexity index is 525. The molecule has 0 spiro atoms. The van der Waals surface area contributed by atoms with Crippen LogP contribution in [0.1, 0.15) is 29.3 Å². The van der Waals surface area contributed by atoms with Crippen molar-refractivity contribution in [2.24, 2.45) is 5.73 Å². The Morgan fingerprint density at radius 2 is 1.95 bits per heavy atom. The fraction of sp³-hybridized carbons (Fsp3) is 0.375. The SMILES string of the molecule is COc1ccc(C(N)CCCc2cccs2)cc1OC. The van der Waals surface area contributed by atoms with Gasteiger partial charge in [-0.15, -0.1) is 11.3 Å². The van der Waals surface area contributed by atoms with E-state index < -0.39 is 0 Å². The highest BCUT2D eigenvalue weighted by atomic mass is 32.1. The molecule has 0 radical (unpaired) electrons. The maximum absolute atomic E-state index is 6.26. The predicted molar refractivity (Wildman–Crippen MR) is 83.7 cm³/mol. The van der Waals surface area contributed by atoms with Gasteiger partial charge in [-0.25, -0.2) is 0 Å². The molecule has 0 saturated heterocycles. The molecule has 2 rings (SSSR count). The van der Waals surface area contributed by atoms with Gasteiger partial charge < -0.3 is 15.2 Å². The van der Waals surface area contributed by atoms with Gasteiger partial charge >= 0.3 is 0 Å². The lowest BCUT2D eigenvalue weighted by Gasteiger charge is -2.14. The quantitative estimate of drug-likeness (QED) is 0.844. The number of benzene rings is 1. The molecule has 0 fully saturated rings. The molecule has 1 unspecified atom stereocenters. The zero-order valence-corrected chi connectivity index (χ0v) is 12.8. The van der Waals surface area contributed by atoms with E-state index in [1.54, 1.807) is 25.6 Å². The summed E-state index contributed by atoms with van der Waals surface area (Å²) >= 11 is 1.80. The number of aryl methyl sites for hydroxylation is 1. The van der Waals surface area contributed by atoms with Crippen molar-refractivity contribution in [3.8, 4) is 11.5 Å². The first kappa shape index (κ1) is 14.9. The van der Waals surface area contributed by atoms with Crippen molar-refractivity contribution >= 4 is 11.3 Å². The summed E-state index contributed by atoms with van der Waals surface area (Å²) in [4.78, 5) is 1.42. The van der Waals surface area contributed by atoms with Crippen LogP contribution in [0.25, 0.3) is 0 Å². The van der Waals surface area contributed by atoms with Gasteiger partial charge in [-0.05, 0) is 48.4 Å². The minimum absolute atomic E-state index is 0.0368. The monoisotopic (exact) mass is 291 g/mol. The lowest BCUT2D eigenvalue weighted by Crippen LogP contribution is -2.10. The highest BCUT2D eigenvalue weighted by molar-refractivity contribution is 7.09. The summed E-state index contributed by atoms with van der Waals surface area (Å²) in [5, 5.41) is 2.11. The average Bonchev–Trinajstić information content (AvgIpc) is 2.99. The molecule has 20 heavy (non-hydrogen) atoms. The fourth-order valence-corrected chi connectivity index (χ4v) is 2.95. The Hall–Kier alpha value is -1.52. The van der Waals surface area contributed by atoms with Crippen LogP contribution in [-0.2, 0) is 6.42 Å². The number of thiophene rings is 1. The summed E-state index contributed by atoms with van der Waals surface area (Å²) in [6, 6.07) is 10.2. The van der Waals surface area contributed by atoms with Crippen molar-refractivity contribution in [2.75, 3.05) is 14.2 Å². The number of nitrogens with two attached hydrogens (primary N) is 1. The van der Waals surface area contributed by atoms with Crippen LogP contribution in [0.2, 0.25) is 0 Å². The molecule has 1 heterocycles. The van der Waals surface area contributed by atoms with Gasteiger partial charge in [0.05, 0.1) is 14.2 Å². The number of hydrogen-bond donors (Lipinski definition) is 1. The van der Waals surface area contributed by atoms with Gasteiger partial charge in [0.25, 0.3) is 0 Å². The molecule has 2 N–H and O–H groups in total. The Labute approximate surface area is 124 Å². The van der Waals surface area contributed by atoms with Crippen LogP contribution in [0.5, 0.6) is 11.5 Å². The van der Waals surface area contributed by atoms with Crippen LogP contribution in [-0.4, -0.2) is 14.2 Å². The van der Waals surface area contributed by atoms with Crippen molar-refractivity contribution in [1.82, 2.24) is 0 Å². The first-order chi connectivity index (χ1) is 9.74. The number of methoxy groups -OCH3 is 2. The van der Waals surface area contributed by atoms with Crippen LogP contribution >= 0.6 is 11.3 Å².